The average Bonchev–Trinajstić information content (AvgIpc) is 3.00. The van der Waals surface area contributed by atoms with Crippen LogP contribution in [0.3, 0.4) is 0 Å². The summed E-state index contributed by atoms with van der Waals surface area (Å²) in [6.07, 6.45) is -3.21. The normalized spacial score (nSPS) is 18.0. The third kappa shape index (κ3) is 3.91. The Balaban J connectivity index is 1.63. The molecule has 9 heteroatoms. The van der Waals surface area contributed by atoms with Crippen molar-refractivity contribution in [2.75, 3.05) is 41.8 Å². The zero-order chi connectivity index (χ0) is 20.6. The number of fused-ring (bicyclic) bond motifs is 1. The van der Waals surface area contributed by atoms with Gasteiger partial charge in [0, 0.05) is 36.2 Å². The van der Waals surface area contributed by atoms with Crippen molar-refractivity contribution in [2.45, 2.75) is 6.18 Å². The van der Waals surface area contributed by atoms with E-state index in [1.165, 1.54) is 36.5 Å². The molecule has 0 atom stereocenters. The summed E-state index contributed by atoms with van der Waals surface area (Å²) in [4.78, 5) is 13.8. The number of rotatable bonds is 3. The summed E-state index contributed by atoms with van der Waals surface area (Å²) in [7, 11) is 0. The van der Waals surface area contributed by atoms with Crippen LogP contribution < -0.4 is 15.5 Å². The van der Waals surface area contributed by atoms with Crippen LogP contribution in [0.15, 0.2) is 42.6 Å². The number of benzene rings is 2. The van der Waals surface area contributed by atoms with Crippen LogP contribution in [-0.2, 0) is 15.7 Å². The van der Waals surface area contributed by atoms with Crippen LogP contribution in [0.25, 0.3) is 5.57 Å². The van der Waals surface area contributed by atoms with Crippen molar-refractivity contribution in [2.24, 2.45) is 0 Å². The molecule has 152 valence electrons. The molecule has 2 N–H and O–H groups in total. The van der Waals surface area contributed by atoms with Gasteiger partial charge >= 0.3 is 6.18 Å². The molecule has 2 aliphatic rings. The van der Waals surface area contributed by atoms with E-state index in [-0.39, 0.29) is 16.9 Å². The first kappa shape index (κ1) is 19.3. The topological polar surface area (TPSA) is 53.6 Å². The Morgan fingerprint density at radius 3 is 2.59 bits per heavy atom. The molecular weight excluding hydrogens is 390 g/mol. The van der Waals surface area contributed by atoms with E-state index < -0.39 is 23.5 Å². The molecule has 0 bridgehead atoms. The van der Waals surface area contributed by atoms with Gasteiger partial charge in [0.15, 0.2) is 0 Å². The second-order valence-corrected chi connectivity index (χ2v) is 6.68. The molecule has 29 heavy (non-hydrogen) atoms. The monoisotopic (exact) mass is 407 g/mol. The number of anilines is 3. The Bertz CT molecular complexity index is 982. The fourth-order valence-corrected chi connectivity index (χ4v) is 3.40. The Kier molecular flexibility index (Phi) is 4.91. The maximum absolute atomic E-state index is 13.6. The van der Waals surface area contributed by atoms with E-state index in [1.807, 2.05) is 0 Å². The van der Waals surface area contributed by atoms with E-state index in [0.717, 1.165) is 6.07 Å². The molecule has 0 unspecified atom stereocenters. The summed E-state index contributed by atoms with van der Waals surface area (Å²) < 4.78 is 59.4. The summed E-state index contributed by atoms with van der Waals surface area (Å²) in [6.45, 7) is 1.51. The lowest BCUT2D eigenvalue weighted by molar-refractivity contribution is -0.137. The molecule has 1 saturated heterocycles. The smallest absolute Gasteiger partial charge is 0.378 e. The van der Waals surface area contributed by atoms with Gasteiger partial charge in [-0.25, -0.2) is 4.39 Å². The zero-order valence-electron chi connectivity index (χ0n) is 15.1. The predicted octanol–water partition coefficient (Wildman–Crippen LogP) is 4.09. The maximum Gasteiger partial charge on any atom is 0.418 e. The third-order valence-corrected chi connectivity index (χ3v) is 4.80. The van der Waals surface area contributed by atoms with Crippen molar-refractivity contribution >= 4 is 28.5 Å². The number of nitrogens with zero attached hydrogens (tertiary/aromatic N) is 1. The van der Waals surface area contributed by atoms with Crippen LogP contribution in [0.1, 0.15) is 11.1 Å². The standard InChI is InChI=1S/C20H17F4N3O2/c21-12-1-3-14-15(19(28)26-17(14)9-12)11-25-13-2-4-18(16(10-13)20(22,23)24)27-5-7-29-8-6-27/h1-4,9-11,25H,5-8H2,(H,26,28). The fourth-order valence-electron chi connectivity index (χ4n) is 3.40. The van der Waals surface area contributed by atoms with E-state index in [4.69, 9.17) is 4.74 Å². The van der Waals surface area contributed by atoms with Crippen molar-refractivity contribution in [1.29, 1.82) is 0 Å². The number of alkyl halides is 3. The minimum absolute atomic E-state index is 0.0958. The van der Waals surface area contributed by atoms with Crippen molar-refractivity contribution in [3.05, 3.63) is 59.5 Å². The Morgan fingerprint density at radius 2 is 1.86 bits per heavy atom. The fraction of sp³-hybridized carbons (Fsp3) is 0.250. The van der Waals surface area contributed by atoms with Crippen LogP contribution in [0.4, 0.5) is 34.6 Å². The number of morpholine rings is 1. The molecule has 0 aromatic heterocycles. The third-order valence-electron chi connectivity index (χ3n) is 4.80. The largest absolute Gasteiger partial charge is 0.418 e. The molecule has 2 aromatic rings. The van der Waals surface area contributed by atoms with Crippen LogP contribution >= 0.6 is 0 Å². The molecule has 2 heterocycles. The van der Waals surface area contributed by atoms with Gasteiger partial charge in [-0.3, -0.25) is 4.79 Å². The van der Waals surface area contributed by atoms with Gasteiger partial charge in [0.25, 0.3) is 5.91 Å². The van der Waals surface area contributed by atoms with Gasteiger partial charge in [-0.15, -0.1) is 0 Å². The highest BCUT2D eigenvalue weighted by atomic mass is 19.4. The number of hydrogen-bond acceptors (Lipinski definition) is 4. The van der Waals surface area contributed by atoms with Gasteiger partial charge < -0.3 is 20.3 Å². The molecule has 5 nitrogen and oxygen atoms in total. The summed E-state index contributed by atoms with van der Waals surface area (Å²) in [5.74, 6) is -0.953. The Hall–Kier alpha value is -3.07. The van der Waals surface area contributed by atoms with Crippen molar-refractivity contribution < 1.29 is 27.1 Å². The summed E-state index contributed by atoms with van der Waals surface area (Å²) >= 11 is 0. The molecule has 0 spiro atoms. The van der Waals surface area contributed by atoms with Crippen molar-refractivity contribution in [3.63, 3.8) is 0 Å². The number of halogens is 4. The molecule has 0 aliphatic carbocycles. The highest BCUT2D eigenvalue weighted by Gasteiger charge is 2.35. The molecule has 2 aromatic carbocycles. The number of ether oxygens (including phenoxy) is 1. The summed E-state index contributed by atoms with van der Waals surface area (Å²) in [5, 5.41) is 5.28. The minimum atomic E-state index is -4.53. The molecule has 1 fully saturated rings. The number of hydrogen-bond donors (Lipinski definition) is 2. The van der Waals surface area contributed by atoms with Gasteiger partial charge in [0.1, 0.15) is 5.82 Å². The van der Waals surface area contributed by atoms with E-state index in [9.17, 15) is 22.4 Å². The average molecular weight is 407 g/mol. The van der Waals surface area contributed by atoms with Crippen molar-refractivity contribution in [1.82, 2.24) is 0 Å². The maximum atomic E-state index is 13.6. The van der Waals surface area contributed by atoms with E-state index in [2.05, 4.69) is 10.6 Å². The Labute approximate surface area is 164 Å². The number of carbonyl (C=O) groups is 1. The van der Waals surface area contributed by atoms with Gasteiger partial charge in [-0.05, 0) is 36.4 Å². The molecule has 0 saturated carbocycles. The van der Waals surface area contributed by atoms with E-state index in [1.54, 1.807) is 4.90 Å². The van der Waals surface area contributed by atoms with Gasteiger partial charge in [-0.2, -0.15) is 13.2 Å². The SMILES string of the molecule is O=C1Nc2cc(F)ccc2C1=CNc1ccc(N2CCOCC2)c(C(F)(F)F)c1. The van der Waals surface area contributed by atoms with Crippen LogP contribution in [0.2, 0.25) is 0 Å². The quantitative estimate of drug-likeness (QED) is 0.595. The number of amides is 1. The number of carbonyl (C=O) groups excluding carboxylic acids is 1. The van der Waals surface area contributed by atoms with E-state index >= 15 is 0 Å². The predicted molar refractivity (Wildman–Crippen MR) is 101 cm³/mol. The lowest BCUT2D eigenvalue weighted by atomic mass is 10.1. The highest BCUT2D eigenvalue weighted by molar-refractivity contribution is 6.31. The minimum Gasteiger partial charge on any atom is -0.378 e. The highest BCUT2D eigenvalue weighted by Crippen LogP contribution is 2.39. The van der Waals surface area contributed by atoms with Crippen LogP contribution in [0.5, 0.6) is 0 Å². The second-order valence-electron chi connectivity index (χ2n) is 6.68. The van der Waals surface area contributed by atoms with Gasteiger partial charge in [0.05, 0.1) is 30.0 Å². The zero-order valence-corrected chi connectivity index (χ0v) is 15.1. The van der Waals surface area contributed by atoms with E-state index in [0.29, 0.717) is 37.6 Å². The van der Waals surface area contributed by atoms with Crippen molar-refractivity contribution in [3.8, 4) is 0 Å². The first-order valence-corrected chi connectivity index (χ1v) is 8.95. The first-order valence-electron chi connectivity index (χ1n) is 8.95. The molecular formula is C20H17F4N3O2. The molecule has 4 rings (SSSR count). The number of nitrogens with one attached hydrogen (secondary N) is 2. The first-order chi connectivity index (χ1) is 13.8. The lowest BCUT2D eigenvalue weighted by Gasteiger charge is -2.31. The summed E-state index contributed by atoms with van der Waals surface area (Å²) in [6, 6.07) is 7.79. The van der Waals surface area contributed by atoms with Crippen LogP contribution in [-0.4, -0.2) is 32.2 Å². The Morgan fingerprint density at radius 1 is 1.10 bits per heavy atom. The van der Waals surface area contributed by atoms with Gasteiger partial charge in [-0.1, -0.05) is 0 Å². The molecule has 0 radical (unpaired) electrons. The van der Waals surface area contributed by atoms with Gasteiger partial charge in [0.2, 0.25) is 0 Å². The second kappa shape index (κ2) is 7.40. The van der Waals surface area contributed by atoms with Crippen LogP contribution in [0, 0.1) is 5.82 Å². The summed E-state index contributed by atoms with van der Waals surface area (Å²) in [5.41, 5.74) is 0.530. The molecule has 1 amide bonds. The lowest BCUT2D eigenvalue weighted by Crippen LogP contribution is -2.37. The molecule has 2 aliphatic heterocycles.